The van der Waals surface area contributed by atoms with Gasteiger partial charge in [0.1, 0.15) is 5.82 Å². The van der Waals surface area contributed by atoms with Gasteiger partial charge >= 0.3 is 0 Å². The lowest BCUT2D eigenvalue weighted by Gasteiger charge is -2.14. The van der Waals surface area contributed by atoms with Gasteiger partial charge in [-0.3, -0.25) is 4.68 Å². The van der Waals surface area contributed by atoms with Gasteiger partial charge in [-0.15, -0.1) is 0 Å². The maximum absolute atomic E-state index is 12.8. The van der Waals surface area contributed by atoms with E-state index in [2.05, 4.69) is 12.0 Å². The summed E-state index contributed by atoms with van der Waals surface area (Å²) in [6, 6.07) is 7.92. The molecule has 2 aromatic rings. The van der Waals surface area contributed by atoms with Gasteiger partial charge in [-0.05, 0) is 30.2 Å². The molecule has 0 amide bonds. The highest BCUT2D eigenvalue weighted by Gasteiger charge is 2.13. The van der Waals surface area contributed by atoms with Crippen LogP contribution in [0.5, 0.6) is 0 Å². The molecular formula is C13H16FN3. The zero-order valence-corrected chi connectivity index (χ0v) is 9.81. The van der Waals surface area contributed by atoms with E-state index in [1.807, 2.05) is 10.7 Å². The molecule has 1 atom stereocenters. The molecule has 0 aliphatic heterocycles. The third-order valence-corrected chi connectivity index (χ3v) is 2.73. The molecule has 0 bridgehead atoms. The molecule has 0 saturated heterocycles. The molecule has 1 aromatic carbocycles. The van der Waals surface area contributed by atoms with Crippen molar-refractivity contribution in [2.75, 3.05) is 0 Å². The predicted molar refractivity (Wildman–Crippen MR) is 64.9 cm³/mol. The molecule has 0 aliphatic carbocycles. The van der Waals surface area contributed by atoms with Crippen LogP contribution in [0.25, 0.3) is 0 Å². The molecular weight excluding hydrogens is 217 g/mol. The average molecular weight is 233 g/mol. The Hall–Kier alpha value is -1.68. The maximum atomic E-state index is 12.8. The average Bonchev–Trinajstić information content (AvgIpc) is 2.78. The first-order valence-corrected chi connectivity index (χ1v) is 5.75. The van der Waals surface area contributed by atoms with Gasteiger partial charge in [0.15, 0.2) is 0 Å². The minimum atomic E-state index is -0.260. The summed E-state index contributed by atoms with van der Waals surface area (Å²) in [5.41, 5.74) is 8.01. The number of hydrogen-bond acceptors (Lipinski definition) is 2. The number of hydrogen-bond donors (Lipinski definition) is 1. The smallest absolute Gasteiger partial charge is 0.123 e. The number of rotatable bonds is 4. The lowest BCUT2D eigenvalue weighted by molar-refractivity contribution is 0.559. The molecule has 0 aliphatic rings. The summed E-state index contributed by atoms with van der Waals surface area (Å²) < 4.78 is 14.7. The van der Waals surface area contributed by atoms with Crippen LogP contribution >= 0.6 is 0 Å². The lowest BCUT2D eigenvalue weighted by Crippen LogP contribution is -2.17. The summed E-state index contributed by atoms with van der Waals surface area (Å²) in [4.78, 5) is 0. The molecule has 0 spiro atoms. The van der Waals surface area contributed by atoms with Crippen LogP contribution in [-0.2, 0) is 6.54 Å². The molecule has 2 N–H and O–H groups in total. The highest BCUT2D eigenvalue weighted by molar-refractivity contribution is 5.27. The molecule has 90 valence electrons. The van der Waals surface area contributed by atoms with Crippen LogP contribution < -0.4 is 5.73 Å². The molecule has 1 aromatic heterocycles. The number of halogens is 1. The minimum Gasteiger partial charge on any atom is -0.319 e. The van der Waals surface area contributed by atoms with E-state index in [1.54, 1.807) is 18.3 Å². The van der Waals surface area contributed by atoms with E-state index < -0.39 is 0 Å². The van der Waals surface area contributed by atoms with Crippen LogP contribution in [0.1, 0.15) is 30.6 Å². The van der Waals surface area contributed by atoms with Gasteiger partial charge in [-0.1, -0.05) is 19.1 Å². The topological polar surface area (TPSA) is 43.8 Å². The Labute approximate surface area is 100 Å². The zero-order valence-electron chi connectivity index (χ0n) is 9.81. The summed E-state index contributed by atoms with van der Waals surface area (Å²) in [7, 11) is 0. The van der Waals surface area contributed by atoms with Crippen LogP contribution in [0, 0.1) is 5.82 Å². The standard InChI is InChI=1S/C13H16FN3/c1-2-9-17-12(7-8-16-17)13(15)10-3-5-11(14)6-4-10/h3-8,13H,2,9,15H2,1H3. The van der Waals surface area contributed by atoms with Crippen molar-refractivity contribution in [3.8, 4) is 0 Å². The normalized spacial score (nSPS) is 12.6. The maximum Gasteiger partial charge on any atom is 0.123 e. The van der Waals surface area contributed by atoms with Crippen molar-refractivity contribution in [2.24, 2.45) is 5.73 Å². The Morgan fingerprint density at radius 1 is 1.29 bits per heavy atom. The molecule has 17 heavy (non-hydrogen) atoms. The van der Waals surface area contributed by atoms with Crippen LogP contribution in [0.2, 0.25) is 0 Å². The monoisotopic (exact) mass is 233 g/mol. The minimum absolute atomic E-state index is 0.247. The number of nitrogens with zero attached hydrogens (tertiary/aromatic N) is 2. The van der Waals surface area contributed by atoms with Crippen molar-refractivity contribution in [1.82, 2.24) is 9.78 Å². The Kier molecular flexibility index (Phi) is 3.54. The molecule has 3 nitrogen and oxygen atoms in total. The largest absolute Gasteiger partial charge is 0.319 e. The second kappa shape index (κ2) is 5.10. The predicted octanol–water partition coefficient (Wildman–Crippen LogP) is 2.48. The third kappa shape index (κ3) is 2.53. The molecule has 4 heteroatoms. The number of aryl methyl sites for hydroxylation is 1. The van der Waals surface area contributed by atoms with E-state index in [1.165, 1.54) is 12.1 Å². The van der Waals surface area contributed by atoms with Gasteiger partial charge in [-0.25, -0.2) is 4.39 Å². The first-order valence-electron chi connectivity index (χ1n) is 5.75. The molecule has 1 unspecified atom stereocenters. The molecule has 0 radical (unpaired) electrons. The summed E-state index contributed by atoms with van der Waals surface area (Å²) in [6.45, 7) is 2.94. The number of benzene rings is 1. The zero-order chi connectivity index (χ0) is 12.3. The Balaban J connectivity index is 2.26. The van der Waals surface area contributed by atoms with Crippen LogP contribution in [0.4, 0.5) is 4.39 Å². The van der Waals surface area contributed by atoms with Gasteiger partial charge in [0.2, 0.25) is 0 Å². The highest BCUT2D eigenvalue weighted by atomic mass is 19.1. The van der Waals surface area contributed by atoms with Crippen molar-refractivity contribution in [3.63, 3.8) is 0 Å². The van der Waals surface area contributed by atoms with E-state index in [4.69, 9.17) is 5.73 Å². The quantitative estimate of drug-likeness (QED) is 0.881. The van der Waals surface area contributed by atoms with Crippen molar-refractivity contribution in [3.05, 3.63) is 53.6 Å². The van der Waals surface area contributed by atoms with E-state index in [-0.39, 0.29) is 11.9 Å². The summed E-state index contributed by atoms with van der Waals surface area (Å²) in [5, 5.41) is 4.23. The fourth-order valence-corrected chi connectivity index (χ4v) is 1.85. The first kappa shape index (κ1) is 11.8. The molecule has 1 heterocycles. The first-order chi connectivity index (χ1) is 8.22. The summed E-state index contributed by atoms with van der Waals surface area (Å²) in [6.07, 6.45) is 2.75. The van der Waals surface area contributed by atoms with Gasteiger partial charge in [0.05, 0.1) is 11.7 Å². The van der Waals surface area contributed by atoms with Crippen LogP contribution in [-0.4, -0.2) is 9.78 Å². The van der Waals surface area contributed by atoms with Crippen molar-refractivity contribution in [1.29, 1.82) is 0 Å². The van der Waals surface area contributed by atoms with Crippen molar-refractivity contribution >= 4 is 0 Å². The lowest BCUT2D eigenvalue weighted by atomic mass is 10.0. The molecule has 0 fully saturated rings. The van der Waals surface area contributed by atoms with Gasteiger partial charge in [0.25, 0.3) is 0 Å². The van der Waals surface area contributed by atoms with E-state index in [0.717, 1.165) is 24.2 Å². The Morgan fingerprint density at radius 2 is 2.00 bits per heavy atom. The van der Waals surface area contributed by atoms with Gasteiger partial charge < -0.3 is 5.73 Å². The third-order valence-electron chi connectivity index (χ3n) is 2.73. The van der Waals surface area contributed by atoms with Crippen molar-refractivity contribution < 1.29 is 4.39 Å². The summed E-state index contributed by atoms with van der Waals surface area (Å²) >= 11 is 0. The van der Waals surface area contributed by atoms with Crippen LogP contribution in [0.15, 0.2) is 36.5 Å². The Morgan fingerprint density at radius 3 is 2.65 bits per heavy atom. The number of nitrogens with two attached hydrogens (primary N) is 1. The summed E-state index contributed by atoms with van der Waals surface area (Å²) in [5.74, 6) is -0.247. The van der Waals surface area contributed by atoms with Crippen molar-refractivity contribution in [2.45, 2.75) is 25.9 Å². The second-order valence-corrected chi connectivity index (χ2v) is 4.01. The van der Waals surface area contributed by atoms with E-state index in [9.17, 15) is 4.39 Å². The number of aromatic nitrogens is 2. The van der Waals surface area contributed by atoms with E-state index in [0.29, 0.717) is 0 Å². The molecule has 0 saturated carbocycles. The SMILES string of the molecule is CCCn1nccc1C(N)c1ccc(F)cc1. The van der Waals surface area contributed by atoms with E-state index >= 15 is 0 Å². The fourth-order valence-electron chi connectivity index (χ4n) is 1.85. The Bertz CT molecular complexity index is 476. The second-order valence-electron chi connectivity index (χ2n) is 4.01. The van der Waals surface area contributed by atoms with Gasteiger partial charge in [0, 0.05) is 12.7 Å². The fraction of sp³-hybridized carbons (Fsp3) is 0.308. The molecule has 2 rings (SSSR count). The highest BCUT2D eigenvalue weighted by Crippen LogP contribution is 2.19. The van der Waals surface area contributed by atoms with Crippen LogP contribution in [0.3, 0.4) is 0 Å². The van der Waals surface area contributed by atoms with Gasteiger partial charge in [-0.2, -0.15) is 5.10 Å².